The molecule has 1 aromatic rings. The molecule has 0 aliphatic rings. The fraction of sp³-hybridized carbons (Fsp3) is 0.333. The fourth-order valence-corrected chi connectivity index (χ4v) is 1.26. The van der Waals surface area contributed by atoms with Crippen LogP contribution >= 0.6 is 12.6 Å². The van der Waals surface area contributed by atoms with Gasteiger partial charge in [-0.15, -0.1) is 0 Å². The van der Waals surface area contributed by atoms with E-state index in [-0.39, 0.29) is 0 Å². The zero-order valence-corrected chi connectivity index (χ0v) is 8.19. The molecular formula is C9H13NOS. The fourth-order valence-electron chi connectivity index (χ4n) is 1.08. The minimum atomic E-state index is 0.645. The number of methoxy groups -OCH3 is 1. The maximum absolute atomic E-state index is 5.13. The summed E-state index contributed by atoms with van der Waals surface area (Å²) in [7, 11) is 1.67. The first-order valence-electron chi connectivity index (χ1n) is 3.77. The summed E-state index contributed by atoms with van der Waals surface area (Å²) in [6, 6.07) is 5.96. The highest BCUT2D eigenvalue weighted by Gasteiger charge is 1.97. The summed E-state index contributed by atoms with van der Waals surface area (Å²) < 4.78 is 5.13. The molecule has 0 aliphatic carbocycles. The SMILES string of the molecule is COc1ccc(NCS)cc1C. The third kappa shape index (κ3) is 2.08. The molecule has 12 heavy (non-hydrogen) atoms. The van der Waals surface area contributed by atoms with Crippen molar-refractivity contribution in [2.75, 3.05) is 18.3 Å². The molecule has 0 bridgehead atoms. The number of ether oxygens (including phenoxy) is 1. The highest BCUT2D eigenvalue weighted by atomic mass is 32.1. The van der Waals surface area contributed by atoms with Gasteiger partial charge in [-0.1, -0.05) is 0 Å². The largest absolute Gasteiger partial charge is 0.496 e. The van der Waals surface area contributed by atoms with E-state index in [0.29, 0.717) is 5.88 Å². The minimum absolute atomic E-state index is 0.645. The van der Waals surface area contributed by atoms with Crippen molar-refractivity contribution in [1.29, 1.82) is 0 Å². The Bertz CT molecular complexity index is 263. The molecular weight excluding hydrogens is 170 g/mol. The number of rotatable bonds is 3. The maximum Gasteiger partial charge on any atom is 0.121 e. The molecule has 1 aromatic carbocycles. The Morgan fingerprint density at radius 3 is 2.75 bits per heavy atom. The summed E-state index contributed by atoms with van der Waals surface area (Å²) in [6.07, 6.45) is 0. The Labute approximate surface area is 78.3 Å². The zero-order chi connectivity index (χ0) is 8.97. The minimum Gasteiger partial charge on any atom is -0.496 e. The maximum atomic E-state index is 5.13. The van der Waals surface area contributed by atoms with Crippen LogP contribution in [0.3, 0.4) is 0 Å². The lowest BCUT2D eigenvalue weighted by Crippen LogP contribution is -1.95. The Balaban J connectivity index is 2.86. The van der Waals surface area contributed by atoms with E-state index in [9.17, 15) is 0 Å². The average molecular weight is 183 g/mol. The lowest BCUT2D eigenvalue weighted by Gasteiger charge is -2.07. The van der Waals surface area contributed by atoms with E-state index >= 15 is 0 Å². The van der Waals surface area contributed by atoms with Crippen molar-refractivity contribution in [3.8, 4) is 5.75 Å². The molecule has 0 atom stereocenters. The van der Waals surface area contributed by atoms with Crippen LogP contribution in [-0.2, 0) is 0 Å². The predicted molar refractivity (Wildman–Crippen MR) is 55.2 cm³/mol. The second kappa shape index (κ2) is 4.26. The normalized spacial score (nSPS) is 9.58. The van der Waals surface area contributed by atoms with Crippen molar-refractivity contribution in [2.45, 2.75) is 6.92 Å². The number of thiol groups is 1. The van der Waals surface area contributed by atoms with Crippen LogP contribution in [0.15, 0.2) is 18.2 Å². The molecule has 3 heteroatoms. The molecule has 1 N–H and O–H groups in total. The molecule has 0 heterocycles. The molecule has 0 saturated carbocycles. The van der Waals surface area contributed by atoms with Gasteiger partial charge >= 0.3 is 0 Å². The van der Waals surface area contributed by atoms with Gasteiger partial charge in [0, 0.05) is 5.69 Å². The summed E-state index contributed by atoms with van der Waals surface area (Å²) in [5.74, 6) is 1.56. The van der Waals surface area contributed by atoms with Gasteiger partial charge in [-0.2, -0.15) is 12.6 Å². The Morgan fingerprint density at radius 2 is 2.25 bits per heavy atom. The molecule has 1 rings (SSSR count). The summed E-state index contributed by atoms with van der Waals surface area (Å²) in [5.41, 5.74) is 2.20. The topological polar surface area (TPSA) is 21.3 Å². The first kappa shape index (κ1) is 9.26. The van der Waals surface area contributed by atoms with Crippen molar-refractivity contribution in [1.82, 2.24) is 0 Å². The smallest absolute Gasteiger partial charge is 0.121 e. The van der Waals surface area contributed by atoms with Crippen molar-refractivity contribution in [3.63, 3.8) is 0 Å². The molecule has 0 amide bonds. The van der Waals surface area contributed by atoms with Gasteiger partial charge in [0.2, 0.25) is 0 Å². The van der Waals surface area contributed by atoms with Crippen LogP contribution in [0, 0.1) is 6.92 Å². The van der Waals surface area contributed by atoms with Crippen molar-refractivity contribution in [2.24, 2.45) is 0 Å². The number of hydrogen-bond acceptors (Lipinski definition) is 3. The highest BCUT2D eigenvalue weighted by molar-refractivity contribution is 7.80. The van der Waals surface area contributed by atoms with Crippen molar-refractivity contribution < 1.29 is 4.74 Å². The van der Waals surface area contributed by atoms with Gasteiger partial charge in [0.25, 0.3) is 0 Å². The van der Waals surface area contributed by atoms with E-state index in [4.69, 9.17) is 4.74 Å². The number of anilines is 1. The molecule has 66 valence electrons. The van der Waals surface area contributed by atoms with Crippen LogP contribution in [0.1, 0.15) is 5.56 Å². The standard InChI is InChI=1S/C9H13NOS/c1-7-5-8(10-6-12)3-4-9(7)11-2/h3-5,10,12H,6H2,1-2H3. The predicted octanol–water partition coefficient (Wildman–Crippen LogP) is 2.30. The van der Waals surface area contributed by atoms with Gasteiger partial charge in [-0.05, 0) is 30.7 Å². The van der Waals surface area contributed by atoms with E-state index in [1.54, 1.807) is 7.11 Å². The van der Waals surface area contributed by atoms with E-state index < -0.39 is 0 Å². The summed E-state index contributed by atoms with van der Waals surface area (Å²) in [4.78, 5) is 0. The number of benzene rings is 1. The molecule has 0 aromatic heterocycles. The second-order valence-corrected chi connectivity index (χ2v) is 2.84. The monoisotopic (exact) mass is 183 g/mol. The quantitative estimate of drug-likeness (QED) is 0.554. The number of nitrogens with one attached hydrogen (secondary N) is 1. The molecule has 0 spiro atoms. The van der Waals surface area contributed by atoms with E-state index in [1.165, 1.54) is 0 Å². The summed E-state index contributed by atoms with van der Waals surface area (Å²) in [6.45, 7) is 2.02. The van der Waals surface area contributed by atoms with Gasteiger partial charge in [0.15, 0.2) is 0 Å². The summed E-state index contributed by atoms with van der Waals surface area (Å²) in [5, 5.41) is 3.11. The van der Waals surface area contributed by atoms with Crippen LogP contribution in [0.4, 0.5) is 5.69 Å². The van der Waals surface area contributed by atoms with Crippen molar-refractivity contribution in [3.05, 3.63) is 23.8 Å². The Kier molecular flexibility index (Phi) is 3.29. The Hall–Kier alpha value is -0.830. The molecule has 2 nitrogen and oxygen atoms in total. The van der Waals surface area contributed by atoms with Crippen LogP contribution < -0.4 is 10.1 Å². The van der Waals surface area contributed by atoms with Crippen LogP contribution in [0.5, 0.6) is 5.75 Å². The molecule has 0 fully saturated rings. The van der Waals surface area contributed by atoms with Gasteiger partial charge in [-0.3, -0.25) is 0 Å². The first-order chi connectivity index (χ1) is 5.77. The summed E-state index contributed by atoms with van der Waals surface area (Å²) >= 11 is 4.07. The van der Waals surface area contributed by atoms with Crippen LogP contribution in [0.2, 0.25) is 0 Å². The second-order valence-electron chi connectivity index (χ2n) is 2.52. The van der Waals surface area contributed by atoms with Gasteiger partial charge in [-0.25, -0.2) is 0 Å². The van der Waals surface area contributed by atoms with Crippen LogP contribution in [0.25, 0.3) is 0 Å². The van der Waals surface area contributed by atoms with E-state index in [1.807, 2.05) is 25.1 Å². The lowest BCUT2D eigenvalue weighted by atomic mass is 10.2. The molecule has 0 aliphatic heterocycles. The van der Waals surface area contributed by atoms with E-state index in [0.717, 1.165) is 17.0 Å². The number of aryl methyl sites for hydroxylation is 1. The van der Waals surface area contributed by atoms with Gasteiger partial charge < -0.3 is 10.1 Å². The van der Waals surface area contributed by atoms with Crippen molar-refractivity contribution >= 4 is 18.3 Å². The molecule has 0 saturated heterocycles. The van der Waals surface area contributed by atoms with E-state index in [2.05, 4.69) is 17.9 Å². The number of hydrogen-bond donors (Lipinski definition) is 2. The lowest BCUT2D eigenvalue weighted by molar-refractivity contribution is 0.412. The Morgan fingerprint density at radius 1 is 1.50 bits per heavy atom. The first-order valence-corrected chi connectivity index (χ1v) is 4.40. The van der Waals surface area contributed by atoms with Gasteiger partial charge in [0.1, 0.15) is 5.75 Å². The third-order valence-corrected chi connectivity index (χ3v) is 1.84. The van der Waals surface area contributed by atoms with Gasteiger partial charge in [0.05, 0.1) is 13.0 Å². The molecule has 0 unspecified atom stereocenters. The zero-order valence-electron chi connectivity index (χ0n) is 7.29. The third-order valence-electron chi connectivity index (χ3n) is 1.68. The average Bonchev–Trinajstić information content (AvgIpc) is 2.05. The highest BCUT2D eigenvalue weighted by Crippen LogP contribution is 2.21. The molecule has 0 radical (unpaired) electrons. The van der Waals surface area contributed by atoms with Crippen LogP contribution in [-0.4, -0.2) is 13.0 Å².